The third-order valence-electron chi connectivity index (χ3n) is 6.06. The summed E-state index contributed by atoms with van der Waals surface area (Å²) in [6, 6.07) is 7.64. The third kappa shape index (κ3) is 4.58. The Balaban J connectivity index is 1.88. The number of nitriles is 1. The minimum atomic E-state index is -0.276. The van der Waals surface area contributed by atoms with E-state index in [0.717, 1.165) is 42.8 Å². The average Bonchev–Trinajstić information content (AvgIpc) is 3.52. The Morgan fingerprint density at radius 1 is 1.14 bits per heavy atom. The van der Waals surface area contributed by atoms with Crippen molar-refractivity contribution >= 4 is 17.2 Å². The van der Waals surface area contributed by atoms with Gasteiger partial charge in [-0.15, -0.1) is 10.2 Å². The Kier molecular flexibility index (Phi) is 6.78. The summed E-state index contributed by atoms with van der Waals surface area (Å²) in [5.41, 5.74) is 2.29. The van der Waals surface area contributed by atoms with Crippen LogP contribution in [0.1, 0.15) is 83.3 Å². The maximum Gasteiger partial charge on any atom is 0.197 e. The second-order valence-electron chi connectivity index (χ2n) is 9.71. The van der Waals surface area contributed by atoms with Gasteiger partial charge in [0.1, 0.15) is 11.6 Å². The molecule has 4 heterocycles. The minimum absolute atomic E-state index is 0.276. The number of hydrogen-bond acceptors (Lipinski definition) is 7. The van der Waals surface area contributed by atoms with E-state index >= 15 is 0 Å². The molecule has 0 bridgehead atoms. The first-order valence-electron chi connectivity index (χ1n) is 12.1. The molecule has 0 radical (unpaired) electrons. The number of rotatable bonds is 8. The fourth-order valence-corrected chi connectivity index (χ4v) is 4.17. The quantitative estimate of drug-likeness (QED) is 0.295. The van der Waals surface area contributed by atoms with Crippen LogP contribution in [0.3, 0.4) is 0 Å². The second kappa shape index (κ2) is 9.78. The van der Waals surface area contributed by atoms with Crippen LogP contribution in [-0.4, -0.2) is 34.2 Å². The first-order valence-corrected chi connectivity index (χ1v) is 12.1. The van der Waals surface area contributed by atoms with Gasteiger partial charge in [0.05, 0.1) is 11.9 Å². The standard InChI is InChI=1S/C25H32N10/c1-7-9-12-17(8-2)23-32-33(6)24-20(21(25(3,4)5)31-35(23)24)29-30-22-18(15-26)16-28-34(22)19-13-10-11-14-27-19/h10-11,13-14,16-17H,7-9,12H2,1-6H3. The van der Waals surface area contributed by atoms with Gasteiger partial charge in [-0.3, -0.25) is 0 Å². The third-order valence-corrected chi connectivity index (χ3v) is 6.06. The van der Waals surface area contributed by atoms with Gasteiger partial charge >= 0.3 is 0 Å². The highest BCUT2D eigenvalue weighted by atomic mass is 15.5. The van der Waals surface area contributed by atoms with Crippen molar-refractivity contribution < 1.29 is 0 Å². The van der Waals surface area contributed by atoms with E-state index in [1.165, 1.54) is 10.9 Å². The smallest absolute Gasteiger partial charge is 0.197 e. The first-order chi connectivity index (χ1) is 16.8. The normalized spacial score (nSPS) is 13.1. The number of unbranched alkanes of at least 4 members (excludes halogenated alkanes) is 1. The van der Waals surface area contributed by atoms with E-state index in [1.54, 1.807) is 12.3 Å². The number of aryl methyl sites for hydroxylation is 1. The Bertz CT molecular complexity index is 1380. The lowest BCUT2D eigenvalue weighted by molar-refractivity contribution is 0.516. The molecule has 0 aliphatic carbocycles. The van der Waals surface area contributed by atoms with Crippen LogP contribution in [0.15, 0.2) is 40.8 Å². The van der Waals surface area contributed by atoms with Crippen LogP contribution >= 0.6 is 0 Å². The fraction of sp³-hybridized carbons (Fsp3) is 0.480. The SMILES string of the molecule is CCCCC(CC)c1nn(C)c2c(N=Nc3c(C#N)cnn3-c3ccccn3)c(C(C)(C)C)nn12. The molecule has 10 heteroatoms. The van der Waals surface area contributed by atoms with Crippen LogP contribution in [0.5, 0.6) is 0 Å². The summed E-state index contributed by atoms with van der Waals surface area (Å²) < 4.78 is 5.29. The highest BCUT2D eigenvalue weighted by Crippen LogP contribution is 2.38. The first kappa shape index (κ1) is 24.3. The highest BCUT2D eigenvalue weighted by molar-refractivity contribution is 5.69. The zero-order chi connectivity index (χ0) is 25.2. The van der Waals surface area contributed by atoms with Gasteiger partial charge in [-0.1, -0.05) is 53.5 Å². The summed E-state index contributed by atoms with van der Waals surface area (Å²) in [7, 11) is 1.91. The van der Waals surface area contributed by atoms with E-state index in [2.05, 4.69) is 61.0 Å². The number of pyridine rings is 1. The maximum atomic E-state index is 9.64. The van der Waals surface area contributed by atoms with Crippen LogP contribution in [-0.2, 0) is 12.5 Å². The molecule has 10 nitrogen and oxygen atoms in total. The van der Waals surface area contributed by atoms with Gasteiger partial charge in [-0.2, -0.15) is 29.8 Å². The van der Waals surface area contributed by atoms with Crippen LogP contribution in [0.2, 0.25) is 0 Å². The Hall–Kier alpha value is -3.87. The molecule has 4 aromatic heterocycles. The molecule has 4 aromatic rings. The van der Waals surface area contributed by atoms with E-state index in [1.807, 2.05) is 28.4 Å². The molecule has 182 valence electrons. The molecule has 0 fully saturated rings. The molecule has 1 unspecified atom stereocenters. The van der Waals surface area contributed by atoms with E-state index in [4.69, 9.17) is 10.2 Å². The van der Waals surface area contributed by atoms with Crippen molar-refractivity contribution in [2.45, 2.75) is 71.6 Å². The predicted octanol–water partition coefficient (Wildman–Crippen LogP) is 5.92. The summed E-state index contributed by atoms with van der Waals surface area (Å²) in [5, 5.41) is 33.0. The van der Waals surface area contributed by atoms with Crippen molar-refractivity contribution in [3.05, 3.63) is 47.7 Å². The number of nitrogens with zero attached hydrogens (tertiary/aromatic N) is 10. The monoisotopic (exact) mass is 472 g/mol. The molecule has 4 rings (SSSR count). The molecule has 0 aliphatic heterocycles. The van der Waals surface area contributed by atoms with Gasteiger partial charge in [0.25, 0.3) is 0 Å². The lowest BCUT2D eigenvalue weighted by Crippen LogP contribution is -2.13. The van der Waals surface area contributed by atoms with Gasteiger partial charge in [0.15, 0.2) is 28.8 Å². The Morgan fingerprint density at radius 2 is 1.94 bits per heavy atom. The zero-order valence-electron chi connectivity index (χ0n) is 21.3. The van der Waals surface area contributed by atoms with Crippen LogP contribution in [0, 0.1) is 11.3 Å². The second-order valence-corrected chi connectivity index (χ2v) is 9.71. The lowest BCUT2D eigenvalue weighted by atomic mass is 9.91. The molecule has 35 heavy (non-hydrogen) atoms. The molecule has 0 amide bonds. The van der Waals surface area contributed by atoms with Crippen LogP contribution in [0.25, 0.3) is 11.5 Å². The number of aromatic nitrogens is 7. The van der Waals surface area contributed by atoms with Gasteiger partial charge in [0, 0.05) is 24.6 Å². The molecule has 0 aromatic carbocycles. The van der Waals surface area contributed by atoms with Crippen molar-refractivity contribution in [2.75, 3.05) is 0 Å². The number of hydrogen-bond donors (Lipinski definition) is 0. The van der Waals surface area contributed by atoms with E-state index < -0.39 is 0 Å². The highest BCUT2D eigenvalue weighted by Gasteiger charge is 2.30. The largest absolute Gasteiger partial charge is 0.247 e. The van der Waals surface area contributed by atoms with E-state index in [0.29, 0.717) is 28.8 Å². The van der Waals surface area contributed by atoms with E-state index in [-0.39, 0.29) is 5.41 Å². The molecular formula is C25H32N10. The lowest BCUT2D eigenvalue weighted by Gasteiger charge is -2.16. The number of azo groups is 1. The summed E-state index contributed by atoms with van der Waals surface area (Å²) in [6.07, 6.45) is 7.48. The summed E-state index contributed by atoms with van der Waals surface area (Å²) in [5.74, 6) is 2.14. The minimum Gasteiger partial charge on any atom is -0.247 e. The predicted molar refractivity (Wildman–Crippen MR) is 133 cm³/mol. The van der Waals surface area contributed by atoms with Crippen LogP contribution < -0.4 is 0 Å². The Morgan fingerprint density at radius 3 is 2.57 bits per heavy atom. The molecule has 0 aliphatic rings. The van der Waals surface area contributed by atoms with Crippen molar-refractivity contribution in [2.24, 2.45) is 17.3 Å². The average molecular weight is 473 g/mol. The van der Waals surface area contributed by atoms with Gasteiger partial charge in [-0.25, -0.2) is 9.67 Å². The summed E-state index contributed by atoms with van der Waals surface area (Å²) in [6.45, 7) is 10.7. The molecule has 0 N–H and O–H groups in total. The Labute approximate surface area is 205 Å². The van der Waals surface area contributed by atoms with Gasteiger partial charge < -0.3 is 0 Å². The fourth-order valence-electron chi connectivity index (χ4n) is 4.17. The maximum absolute atomic E-state index is 9.64. The zero-order valence-corrected chi connectivity index (χ0v) is 21.3. The van der Waals surface area contributed by atoms with Gasteiger partial charge in [0.2, 0.25) is 0 Å². The molecule has 0 saturated heterocycles. The van der Waals surface area contributed by atoms with Crippen molar-refractivity contribution in [3.8, 4) is 11.9 Å². The molecule has 0 saturated carbocycles. The summed E-state index contributed by atoms with van der Waals surface area (Å²) >= 11 is 0. The van der Waals surface area contributed by atoms with Gasteiger partial charge in [-0.05, 0) is 25.0 Å². The van der Waals surface area contributed by atoms with E-state index in [9.17, 15) is 5.26 Å². The molecular weight excluding hydrogens is 440 g/mol. The van der Waals surface area contributed by atoms with Crippen molar-refractivity contribution in [1.29, 1.82) is 5.26 Å². The molecule has 1 atom stereocenters. The number of fused-ring (bicyclic) bond motifs is 1. The van der Waals surface area contributed by atoms with Crippen molar-refractivity contribution in [1.82, 2.24) is 34.2 Å². The summed E-state index contributed by atoms with van der Waals surface area (Å²) in [4.78, 5) is 4.34. The topological polar surface area (TPSA) is 114 Å². The van der Waals surface area contributed by atoms with Crippen molar-refractivity contribution in [3.63, 3.8) is 0 Å². The molecule has 0 spiro atoms. The van der Waals surface area contributed by atoms with Crippen LogP contribution in [0.4, 0.5) is 11.5 Å².